The van der Waals surface area contributed by atoms with E-state index in [-0.39, 0.29) is 6.04 Å². The molecular formula is C12H11Br2NO. The summed E-state index contributed by atoms with van der Waals surface area (Å²) in [5, 5.41) is 0. The zero-order valence-electron chi connectivity index (χ0n) is 8.49. The molecule has 1 atom stereocenters. The van der Waals surface area contributed by atoms with Gasteiger partial charge in [0, 0.05) is 21.4 Å². The molecular weight excluding hydrogens is 334 g/mol. The van der Waals surface area contributed by atoms with Crippen molar-refractivity contribution in [1.82, 2.24) is 0 Å². The van der Waals surface area contributed by atoms with E-state index < -0.39 is 0 Å². The number of hydrogen-bond donors (Lipinski definition) is 1. The van der Waals surface area contributed by atoms with E-state index >= 15 is 0 Å². The van der Waals surface area contributed by atoms with Crippen LogP contribution in [-0.2, 0) is 6.42 Å². The molecule has 0 fully saturated rings. The lowest BCUT2D eigenvalue weighted by Crippen LogP contribution is -2.13. The Labute approximate surface area is 111 Å². The van der Waals surface area contributed by atoms with Crippen molar-refractivity contribution in [1.29, 1.82) is 0 Å². The van der Waals surface area contributed by atoms with Gasteiger partial charge in [-0.2, -0.15) is 0 Å². The molecule has 2 rings (SSSR count). The molecule has 0 bridgehead atoms. The zero-order valence-corrected chi connectivity index (χ0v) is 11.7. The Kier molecular flexibility index (Phi) is 3.84. The Morgan fingerprint density at radius 1 is 1.25 bits per heavy atom. The summed E-state index contributed by atoms with van der Waals surface area (Å²) in [5.74, 6) is 0.905. The van der Waals surface area contributed by atoms with Gasteiger partial charge in [-0.3, -0.25) is 0 Å². The summed E-state index contributed by atoms with van der Waals surface area (Å²) >= 11 is 6.93. The van der Waals surface area contributed by atoms with Gasteiger partial charge in [-0.1, -0.05) is 37.9 Å². The van der Waals surface area contributed by atoms with Gasteiger partial charge in [-0.25, -0.2) is 0 Å². The van der Waals surface area contributed by atoms with Gasteiger partial charge in [-0.05, 0) is 29.8 Å². The summed E-state index contributed by atoms with van der Waals surface area (Å²) in [5.41, 5.74) is 7.21. The van der Waals surface area contributed by atoms with Crippen LogP contribution in [0.15, 0.2) is 50.0 Å². The standard InChI is InChI=1S/C12H11Br2NO/c13-8-3-4-10(11(14)6-8)12(15)7-9-2-1-5-16-9/h1-6,12H,7,15H2. The summed E-state index contributed by atoms with van der Waals surface area (Å²) < 4.78 is 7.33. The molecule has 16 heavy (non-hydrogen) atoms. The molecule has 1 aromatic carbocycles. The minimum atomic E-state index is -0.0615. The fourth-order valence-corrected chi connectivity index (χ4v) is 2.90. The van der Waals surface area contributed by atoms with Crippen molar-refractivity contribution in [2.75, 3.05) is 0 Å². The van der Waals surface area contributed by atoms with E-state index in [0.717, 1.165) is 20.3 Å². The van der Waals surface area contributed by atoms with E-state index in [1.807, 2.05) is 30.3 Å². The maximum absolute atomic E-state index is 6.13. The number of halogens is 2. The number of nitrogens with two attached hydrogens (primary N) is 1. The van der Waals surface area contributed by atoms with Gasteiger partial charge in [0.15, 0.2) is 0 Å². The van der Waals surface area contributed by atoms with Crippen molar-refractivity contribution in [3.63, 3.8) is 0 Å². The minimum absolute atomic E-state index is 0.0615. The molecule has 0 aliphatic heterocycles. The Hall–Kier alpha value is -0.580. The zero-order chi connectivity index (χ0) is 11.5. The van der Waals surface area contributed by atoms with Crippen LogP contribution in [0.2, 0.25) is 0 Å². The first-order valence-corrected chi connectivity index (χ1v) is 6.48. The highest BCUT2D eigenvalue weighted by Crippen LogP contribution is 2.27. The van der Waals surface area contributed by atoms with Gasteiger partial charge in [0.05, 0.1) is 6.26 Å². The second-order valence-electron chi connectivity index (χ2n) is 3.56. The molecule has 84 valence electrons. The monoisotopic (exact) mass is 343 g/mol. The fraction of sp³-hybridized carbons (Fsp3) is 0.167. The molecule has 2 N–H and O–H groups in total. The Morgan fingerprint density at radius 2 is 2.06 bits per heavy atom. The van der Waals surface area contributed by atoms with E-state index in [9.17, 15) is 0 Å². The minimum Gasteiger partial charge on any atom is -0.469 e. The van der Waals surface area contributed by atoms with E-state index in [1.165, 1.54) is 0 Å². The summed E-state index contributed by atoms with van der Waals surface area (Å²) in [4.78, 5) is 0. The number of rotatable bonds is 3. The van der Waals surface area contributed by atoms with Crippen LogP contribution in [0.1, 0.15) is 17.4 Å². The van der Waals surface area contributed by atoms with Gasteiger partial charge in [0.1, 0.15) is 5.76 Å². The molecule has 2 nitrogen and oxygen atoms in total. The average Bonchev–Trinajstić information content (AvgIpc) is 2.70. The third kappa shape index (κ3) is 2.75. The first kappa shape index (κ1) is 11.9. The van der Waals surface area contributed by atoms with E-state index in [0.29, 0.717) is 6.42 Å². The van der Waals surface area contributed by atoms with Crippen molar-refractivity contribution < 1.29 is 4.42 Å². The highest BCUT2D eigenvalue weighted by atomic mass is 79.9. The van der Waals surface area contributed by atoms with Crippen LogP contribution < -0.4 is 5.73 Å². The molecule has 0 aliphatic rings. The van der Waals surface area contributed by atoms with Crippen molar-refractivity contribution >= 4 is 31.9 Å². The SMILES string of the molecule is NC(Cc1ccco1)c1ccc(Br)cc1Br. The lowest BCUT2D eigenvalue weighted by molar-refractivity contribution is 0.488. The third-order valence-corrected chi connectivity index (χ3v) is 3.54. The van der Waals surface area contributed by atoms with Gasteiger partial charge in [-0.15, -0.1) is 0 Å². The van der Waals surface area contributed by atoms with Crippen molar-refractivity contribution in [2.24, 2.45) is 5.73 Å². The van der Waals surface area contributed by atoms with Gasteiger partial charge in [0.25, 0.3) is 0 Å². The first-order chi connectivity index (χ1) is 7.66. The van der Waals surface area contributed by atoms with Crippen molar-refractivity contribution in [3.8, 4) is 0 Å². The smallest absolute Gasteiger partial charge is 0.105 e. The van der Waals surface area contributed by atoms with Gasteiger partial charge < -0.3 is 10.2 Å². The van der Waals surface area contributed by atoms with Crippen LogP contribution in [0.5, 0.6) is 0 Å². The topological polar surface area (TPSA) is 39.2 Å². The van der Waals surface area contributed by atoms with Crippen molar-refractivity contribution in [3.05, 3.63) is 56.9 Å². The summed E-state index contributed by atoms with van der Waals surface area (Å²) in [6, 6.07) is 9.75. The lowest BCUT2D eigenvalue weighted by Gasteiger charge is -2.12. The Morgan fingerprint density at radius 3 is 2.69 bits per heavy atom. The summed E-state index contributed by atoms with van der Waals surface area (Å²) in [6.07, 6.45) is 2.37. The maximum atomic E-state index is 6.13. The molecule has 0 saturated carbocycles. The Balaban J connectivity index is 2.17. The quantitative estimate of drug-likeness (QED) is 0.912. The molecule has 0 radical (unpaired) electrons. The van der Waals surface area contributed by atoms with Crippen LogP contribution in [0.4, 0.5) is 0 Å². The maximum Gasteiger partial charge on any atom is 0.105 e. The number of benzene rings is 1. The third-order valence-electron chi connectivity index (χ3n) is 2.36. The summed E-state index contributed by atoms with van der Waals surface area (Å²) in [6.45, 7) is 0. The second-order valence-corrected chi connectivity index (χ2v) is 5.33. The van der Waals surface area contributed by atoms with Gasteiger partial charge in [0.2, 0.25) is 0 Å². The molecule has 0 saturated heterocycles. The molecule has 0 spiro atoms. The fourth-order valence-electron chi connectivity index (χ4n) is 1.56. The molecule has 4 heteroatoms. The predicted octanol–water partition coefficient (Wildman–Crippen LogP) is 4.05. The van der Waals surface area contributed by atoms with Gasteiger partial charge >= 0.3 is 0 Å². The molecule has 0 aliphatic carbocycles. The number of hydrogen-bond acceptors (Lipinski definition) is 2. The second kappa shape index (κ2) is 5.17. The Bertz CT molecular complexity index is 468. The van der Waals surface area contributed by atoms with Crippen molar-refractivity contribution in [2.45, 2.75) is 12.5 Å². The normalized spacial score (nSPS) is 12.7. The van der Waals surface area contributed by atoms with Crippen LogP contribution >= 0.6 is 31.9 Å². The highest BCUT2D eigenvalue weighted by Gasteiger charge is 2.12. The molecule has 1 aromatic heterocycles. The van der Waals surface area contributed by atoms with Crippen LogP contribution in [0.3, 0.4) is 0 Å². The molecule has 2 aromatic rings. The largest absolute Gasteiger partial charge is 0.469 e. The molecule has 1 heterocycles. The summed E-state index contributed by atoms with van der Waals surface area (Å²) in [7, 11) is 0. The van der Waals surface area contributed by atoms with E-state index in [4.69, 9.17) is 10.2 Å². The first-order valence-electron chi connectivity index (χ1n) is 4.89. The molecule has 0 amide bonds. The predicted molar refractivity (Wildman–Crippen MR) is 71.2 cm³/mol. The highest BCUT2D eigenvalue weighted by molar-refractivity contribution is 9.11. The molecule has 1 unspecified atom stereocenters. The van der Waals surface area contributed by atoms with E-state index in [1.54, 1.807) is 6.26 Å². The van der Waals surface area contributed by atoms with Crippen LogP contribution in [0, 0.1) is 0 Å². The average molecular weight is 345 g/mol. The van der Waals surface area contributed by atoms with E-state index in [2.05, 4.69) is 31.9 Å². The lowest BCUT2D eigenvalue weighted by atomic mass is 10.0. The van der Waals surface area contributed by atoms with Crippen LogP contribution in [-0.4, -0.2) is 0 Å². The van der Waals surface area contributed by atoms with Crippen LogP contribution in [0.25, 0.3) is 0 Å². The number of furan rings is 1.